The molecule has 0 bridgehead atoms. The summed E-state index contributed by atoms with van der Waals surface area (Å²) in [4.78, 5) is 23.6. The van der Waals surface area contributed by atoms with E-state index in [4.69, 9.17) is 9.47 Å². The van der Waals surface area contributed by atoms with Gasteiger partial charge in [-0.2, -0.15) is 0 Å². The molecule has 0 aromatic heterocycles. The summed E-state index contributed by atoms with van der Waals surface area (Å²) in [6.07, 6.45) is 0. The number of benzene rings is 1. The fourth-order valence-electron chi connectivity index (χ4n) is 1.87. The third-order valence-corrected chi connectivity index (χ3v) is 2.80. The van der Waals surface area contributed by atoms with Gasteiger partial charge in [0, 0.05) is 6.07 Å². The van der Waals surface area contributed by atoms with Crippen LogP contribution in [0.4, 0.5) is 0 Å². The van der Waals surface area contributed by atoms with Gasteiger partial charge >= 0.3 is 0 Å². The Balaban J connectivity index is 2.63. The van der Waals surface area contributed by atoms with E-state index in [0.717, 1.165) is 5.57 Å². The van der Waals surface area contributed by atoms with Gasteiger partial charge in [0.1, 0.15) is 11.5 Å². The zero-order valence-corrected chi connectivity index (χ0v) is 10.8. The van der Waals surface area contributed by atoms with Crippen LogP contribution in [0.25, 0.3) is 0 Å². The molecule has 0 fully saturated rings. The summed E-state index contributed by atoms with van der Waals surface area (Å²) in [5, 5.41) is 0. The molecule has 0 saturated heterocycles. The highest BCUT2D eigenvalue weighted by molar-refractivity contribution is 6.14. The number of hydrogen-bond acceptors (Lipinski definition) is 4. The van der Waals surface area contributed by atoms with Crippen LogP contribution < -0.4 is 9.47 Å². The van der Waals surface area contributed by atoms with Crippen LogP contribution in [0, 0.1) is 0 Å². The predicted octanol–water partition coefficient (Wildman–Crippen LogP) is 2.77. The lowest BCUT2D eigenvalue weighted by Crippen LogP contribution is -2.02. The molecule has 0 N–H and O–H groups in total. The number of ketones is 2. The smallest absolute Gasteiger partial charge is 0.231 e. The van der Waals surface area contributed by atoms with Crippen LogP contribution in [0.2, 0.25) is 0 Å². The van der Waals surface area contributed by atoms with E-state index in [1.54, 1.807) is 6.07 Å². The normalized spacial score (nSPS) is 13.1. The maximum atomic E-state index is 12.1. The third kappa shape index (κ3) is 1.79. The number of hydrogen-bond donors (Lipinski definition) is 0. The van der Waals surface area contributed by atoms with E-state index in [1.807, 2.05) is 13.8 Å². The molecular weight excluding hydrogens is 232 g/mol. The standard InChI is InChI=1S/C14H14O4/c1-7(2)14-13(16)10-5-9(8(3)15)11(17-4)6-12(10)18-14/h5-6H,1-4H3. The number of carbonyl (C=O) groups excluding carboxylic acids is 2. The van der Waals surface area contributed by atoms with Gasteiger partial charge in [0.05, 0.1) is 18.2 Å². The van der Waals surface area contributed by atoms with Crippen molar-refractivity contribution in [3.63, 3.8) is 0 Å². The van der Waals surface area contributed by atoms with Gasteiger partial charge in [-0.05, 0) is 32.4 Å². The van der Waals surface area contributed by atoms with Crippen molar-refractivity contribution in [1.29, 1.82) is 0 Å². The largest absolute Gasteiger partial charge is 0.496 e. The lowest BCUT2D eigenvalue weighted by Gasteiger charge is -2.07. The molecule has 1 aromatic rings. The minimum atomic E-state index is -0.185. The molecule has 94 valence electrons. The zero-order valence-electron chi connectivity index (χ0n) is 10.8. The van der Waals surface area contributed by atoms with E-state index in [-0.39, 0.29) is 11.6 Å². The number of allylic oxidation sites excluding steroid dienone is 2. The lowest BCUT2D eigenvalue weighted by molar-refractivity contribution is 0.101. The van der Waals surface area contributed by atoms with E-state index < -0.39 is 0 Å². The molecule has 1 heterocycles. The molecule has 18 heavy (non-hydrogen) atoms. The van der Waals surface area contributed by atoms with Crippen molar-refractivity contribution in [3.8, 4) is 11.5 Å². The van der Waals surface area contributed by atoms with Crippen LogP contribution in [0.1, 0.15) is 41.5 Å². The minimum Gasteiger partial charge on any atom is -0.496 e. The Morgan fingerprint density at radius 3 is 2.39 bits per heavy atom. The highest BCUT2D eigenvalue weighted by Crippen LogP contribution is 2.37. The first kappa shape index (κ1) is 12.4. The molecule has 0 atom stereocenters. The molecule has 0 amide bonds. The molecule has 1 aromatic carbocycles. The van der Waals surface area contributed by atoms with Gasteiger partial charge in [-0.25, -0.2) is 0 Å². The summed E-state index contributed by atoms with van der Waals surface area (Å²) in [5.41, 5.74) is 1.61. The zero-order chi connectivity index (χ0) is 13.4. The summed E-state index contributed by atoms with van der Waals surface area (Å²) in [7, 11) is 1.48. The summed E-state index contributed by atoms with van der Waals surface area (Å²) < 4.78 is 10.6. The van der Waals surface area contributed by atoms with Crippen LogP contribution in [-0.4, -0.2) is 18.7 Å². The molecule has 1 aliphatic heterocycles. The van der Waals surface area contributed by atoms with E-state index in [0.29, 0.717) is 28.4 Å². The molecule has 1 aliphatic rings. The molecule has 4 nitrogen and oxygen atoms in total. The number of fused-ring (bicyclic) bond motifs is 1. The highest BCUT2D eigenvalue weighted by atomic mass is 16.5. The quantitative estimate of drug-likeness (QED) is 0.594. The maximum absolute atomic E-state index is 12.1. The SMILES string of the molecule is COc1cc2c(cc1C(C)=O)C(=O)C(=C(C)C)O2. The molecule has 0 spiro atoms. The van der Waals surface area contributed by atoms with Crippen molar-refractivity contribution < 1.29 is 19.1 Å². The predicted molar refractivity (Wildman–Crippen MR) is 66.3 cm³/mol. The average Bonchev–Trinajstić information content (AvgIpc) is 2.64. The molecule has 4 heteroatoms. The van der Waals surface area contributed by atoms with Crippen LogP contribution >= 0.6 is 0 Å². The number of methoxy groups -OCH3 is 1. The van der Waals surface area contributed by atoms with Crippen molar-refractivity contribution >= 4 is 11.6 Å². The van der Waals surface area contributed by atoms with Crippen LogP contribution in [-0.2, 0) is 0 Å². The Hall–Kier alpha value is -2.10. The number of Topliss-reactive ketones (excluding diaryl/α,β-unsaturated/α-hetero) is 2. The molecular formula is C14H14O4. The van der Waals surface area contributed by atoms with Gasteiger partial charge in [-0.1, -0.05) is 0 Å². The summed E-state index contributed by atoms with van der Waals surface area (Å²) >= 11 is 0. The van der Waals surface area contributed by atoms with Gasteiger partial charge in [-0.15, -0.1) is 0 Å². The first-order valence-corrected chi connectivity index (χ1v) is 5.58. The van der Waals surface area contributed by atoms with Gasteiger partial charge in [0.2, 0.25) is 5.78 Å². The Kier molecular flexibility index (Phi) is 2.95. The van der Waals surface area contributed by atoms with Gasteiger partial charge in [0.15, 0.2) is 11.5 Å². The first-order valence-electron chi connectivity index (χ1n) is 5.58. The Morgan fingerprint density at radius 2 is 1.89 bits per heavy atom. The van der Waals surface area contributed by atoms with Crippen molar-refractivity contribution in [2.75, 3.05) is 7.11 Å². The van der Waals surface area contributed by atoms with Gasteiger partial charge < -0.3 is 9.47 Å². The van der Waals surface area contributed by atoms with Gasteiger partial charge in [0.25, 0.3) is 0 Å². The van der Waals surface area contributed by atoms with Crippen LogP contribution in [0.5, 0.6) is 11.5 Å². The molecule has 0 unspecified atom stereocenters. The molecule has 2 rings (SSSR count). The van der Waals surface area contributed by atoms with E-state index in [2.05, 4.69) is 0 Å². The fourth-order valence-corrected chi connectivity index (χ4v) is 1.87. The molecule has 0 saturated carbocycles. The highest BCUT2D eigenvalue weighted by Gasteiger charge is 2.30. The Labute approximate surface area is 105 Å². The monoisotopic (exact) mass is 246 g/mol. The van der Waals surface area contributed by atoms with Crippen molar-refractivity contribution in [2.24, 2.45) is 0 Å². The first-order chi connectivity index (χ1) is 8.45. The van der Waals surface area contributed by atoms with E-state index in [9.17, 15) is 9.59 Å². The average molecular weight is 246 g/mol. The van der Waals surface area contributed by atoms with E-state index >= 15 is 0 Å². The minimum absolute atomic E-state index is 0.145. The van der Waals surface area contributed by atoms with Crippen molar-refractivity contribution in [2.45, 2.75) is 20.8 Å². The Bertz CT molecular complexity index is 578. The molecule has 0 aliphatic carbocycles. The summed E-state index contributed by atoms with van der Waals surface area (Å²) in [6.45, 7) is 5.05. The second-order valence-corrected chi connectivity index (χ2v) is 4.37. The van der Waals surface area contributed by atoms with Crippen molar-refractivity contribution in [1.82, 2.24) is 0 Å². The van der Waals surface area contributed by atoms with Crippen LogP contribution in [0.15, 0.2) is 23.5 Å². The second kappa shape index (κ2) is 4.29. The van der Waals surface area contributed by atoms with Crippen LogP contribution in [0.3, 0.4) is 0 Å². The second-order valence-electron chi connectivity index (χ2n) is 4.37. The third-order valence-electron chi connectivity index (χ3n) is 2.80. The van der Waals surface area contributed by atoms with Crippen molar-refractivity contribution in [3.05, 3.63) is 34.6 Å². The summed E-state index contributed by atoms with van der Waals surface area (Å²) in [5.74, 6) is 0.859. The maximum Gasteiger partial charge on any atom is 0.231 e. The lowest BCUT2D eigenvalue weighted by atomic mass is 10.0. The fraction of sp³-hybridized carbons (Fsp3) is 0.286. The molecule has 0 radical (unpaired) electrons. The van der Waals surface area contributed by atoms with Gasteiger partial charge in [-0.3, -0.25) is 9.59 Å². The number of carbonyl (C=O) groups is 2. The topological polar surface area (TPSA) is 52.6 Å². The number of rotatable bonds is 2. The number of ether oxygens (including phenoxy) is 2. The van der Waals surface area contributed by atoms with E-state index in [1.165, 1.54) is 20.1 Å². The Morgan fingerprint density at radius 1 is 1.22 bits per heavy atom. The summed E-state index contributed by atoms with van der Waals surface area (Å²) in [6, 6.07) is 3.12.